The molecule has 0 radical (unpaired) electrons. The van der Waals surface area contributed by atoms with Crippen LogP contribution in [0.15, 0.2) is 78.9 Å². The lowest BCUT2D eigenvalue weighted by molar-refractivity contribution is -0.157. The van der Waals surface area contributed by atoms with Crippen molar-refractivity contribution in [2.24, 2.45) is 0 Å². The zero-order chi connectivity index (χ0) is 24.7. The van der Waals surface area contributed by atoms with Crippen LogP contribution in [0.5, 0.6) is 0 Å². The van der Waals surface area contributed by atoms with Gasteiger partial charge >= 0.3 is 11.9 Å². The molecule has 0 aliphatic rings. The Morgan fingerprint density at radius 1 is 0.794 bits per heavy atom. The van der Waals surface area contributed by atoms with E-state index in [9.17, 15) is 24.3 Å². The number of nitrogens with one attached hydrogen (secondary N) is 2. The predicted molar refractivity (Wildman–Crippen MR) is 124 cm³/mol. The second-order valence-corrected chi connectivity index (χ2v) is 7.92. The normalized spacial score (nSPS) is 12.2. The van der Waals surface area contributed by atoms with Gasteiger partial charge < -0.3 is 15.3 Å². The fourth-order valence-electron chi connectivity index (χ4n) is 3.10. The van der Waals surface area contributed by atoms with Crippen molar-refractivity contribution < 1.29 is 29.1 Å². The van der Waals surface area contributed by atoms with Crippen LogP contribution in [0, 0.1) is 0 Å². The number of benzene rings is 3. The minimum absolute atomic E-state index is 0.0622. The van der Waals surface area contributed by atoms with Gasteiger partial charge in [-0.3, -0.25) is 9.59 Å². The van der Waals surface area contributed by atoms with Crippen LogP contribution >= 0.6 is 23.2 Å². The number of carboxylic acid groups (broad SMARTS) is 1. The summed E-state index contributed by atoms with van der Waals surface area (Å²) in [6.07, 6.45) is -0.813. The van der Waals surface area contributed by atoms with Crippen LogP contribution in [0.1, 0.15) is 32.7 Å². The van der Waals surface area contributed by atoms with Gasteiger partial charge in [0.25, 0.3) is 11.8 Å². The van der Waals surface area contributed by atoms with E-state index in [1.807, 2.05) is 5.48 Å². The summed E-state index contributed by atoms with van der Waals surface area (Å²) in [6, 6.07) is 19.7. The lowest BCUT2D eigenvalue weighted by atomic mass is 9.86. The Balaban J connectivity index is 1.82. The summed E-state index contributed by atoms with van der Waals surface area (Å²) >= 11 is 11.7. The number of amides is 2. The first-order valence-corrected chi connectivity index (χ1v) is 10.6. The van der Waals surface area contributed by atoms with Gasteiger partial charge in [-0.25, -0.2) is 9.59 Å². The Hall–Kier alpha value is -3.88. The van der Waals surface area contributed by atoms with Crippen molar-refractivity contribution in [2.45, 2.75) is 12.0 Å². The van der Waals surface area contributed by atoms with Gasteiger partial charge in [0.05, 0.1) is 16.5 Å². The van der Waals surface area contributed by atoms with Crippen molar-refractivity contribution in [2.75, 3.05) is 0 Å². The molecule has 0 fully saturated rings. The van der Waals surface area contributed by atoms with Gasteiger partial charge in [-0.1, -0.05) is 71.7 Å². The fraction of sp³-hybridized carbons (Fsp3) is 0.0833. The van der Waals surface area contributed by atoms with E-state index in [1.54, 1.807) is 36.4 Å². The highest BCUT2D eigenvalue weighted by atomic mass is 35.5. The average molecular weight is 501 g/mol. The van der Waals surface area contributed by atoms with Gasteiger partial charge in [0.2, 0.25) is 0 Å². The monoisotopic (exact) mass is 500 g/mol. The molecular weight excluding hydrogens is 483 g/mol. The Labute approximate surface area is 204 Å². The maximum absolute atomic E-state index is 12.8. The molecule has 2 amide bonds. The molecule has 0 saturated carbocycles. The number of rotatable bonds is 7. The van der Waals surface area contributed by atoms with Crippen LogP contribution in [0.2, 0.25) is 10.0 Å². The molecule has 0 heterocycles. The second-order valence-electron chi connectivity index (χ2n) is 7.11. The number of carboxylic acids is 1. The summed E-state index contributed by atoms with van der Waals surface area (Å²) in [5.74, 6) is -4.11. The Bertz CT molecular complexity index is 1220. The van der Waals surface area contributed by atoms with E-state index in [2.05, 4.69) is 5.32 Å². The summed E-state index contributed by atoms with van der Waals surface area (Å²) < 4.78 is 0. The van der Waals surface area contributed by atoms with Crippen molar-refractivity contribution in [3.05, 3.63) is 106 Å². The molecule has 10 heteroatoms. The summed E-state index contributed by atoms with van der Waals surface area (Å²) in [6.45, 7) is 0. The van der Waals surface area contributed by atoms with Gasteiger partial charge in [-0.15, -0.1) is 0 Å². The molecule has 0 aliphatic heterocycles. The highest BCUT2D eigenvalue weighted by molar-refractivity contribution is 6.42. The largest absolute Gasteiger partial charge is 0.479 e. The standard InChI is InChI=1S/C24H18Cl2N2O6/c25-18-12-11-16(13-19(18)26)22(31)28-34-20(29)14-24(23(32)33,17-9-5-2-6-10-17)27-21(30)15-7-3-1-4-8-15/h1-13H,14H2,(H,27,30)(H,28,31)(H,32,33). The van der Waals surface area contributed by atoms with E-state index in [0.717, 1.165) is 0 Å². The maximum Gasteiger partial charge on any atom is 0.335 e. The van der Waals surface area contributed by atoms with Gasteiger partial charge in [0.15, 0.2) is 5.54 Å². The number of halogens is 2. The SMILES string of the molecule is O=C(CC(NC(=O)c1ccccc1)(C(=O)O)c1ccccc1)ONC(=O)c1ccc(Cl)c(Cl)c1. The van der Waals surface area contributed by atoms with Crippen LogP contribution in [0.3, 0.4) is 0 Å². The Kier molecular flexibility index (Phi) is 7.88. The van der Waals surface area contributed by atoms with Crippen LogP contribution in [-0.2, 0) is 20.0 Å². The first-order chi connectivity index (χ1) is 16.2. The zero-order valence-corrected chi connectivity index (χ0v) is 19.0. The van der Waals surface area contributed by atoms with Gasteiger partial charge in [0.1, 0.15) is 0 Å². The molecule has 3 aromatic rings. The molecule has 3 rings (SSSR count). The lowest BCUT2D eigenvalue weighted by Gasteiger charge is -2.30. The Morgan fingerprint density at radius 3 is 2.00 bits per heavy atom. The van der Waals surface area contributed by atoms with Crippen molar-refractivity contribution in [3.63, 3.8) is 0 Å². The summed E-state index contributed by atoms with van der Waals surface area (Å²) in [5.41, 5.74) is 0.180. The zero-order valence-electron chi connectivity index (χ0n) is 17.5. The van der Waals surface area contributed by atoms with Gasteiger partial charge in [-0.05, 0) is 35.9 Å². The lowest BCUT2D eigenvalue weighted by Crippen LogP contribution is -2.53. The molecule has 0 saturated heterocycles. The highest BCUT2D eigenvalue weighted by Gasteiger charge is 2.45. The van der Waals surface area contributed by atoms with Crippen LogP contribution in [0.4, 0.5) is 0 Å². The van der Waals surface area contributed by atoms with Crippen LogP contribution in [-0.4, -0.2) is 28.9 Å². The molecule has 34 heavy (non-hydrogen) atoms. The van der Waals surface area contributed by atoms with E-state index in [4.69, 9.17) is 28.0 Å². The summed E-state index contributed by atoms with van der Waals surface area (Å²) in [4.78, 5) is 54.9. The number of hydrogen-bond donors (Lipinski definition) is 3. The minimum Gasteiger partial charge on any atom is -0.479 e. The summed E-state index contributed by atoms with van der Waals surface area (Å²) in [7, 11) is 0. The predicted octanol–water partition coefficient (Wildman–Crippen LogP) is 3.98. The molecular formula is C24H18Cl2N2O6. The van der Waals surface area contributed by atoms with E-state index in [1.165, 1.54) is 42.5 Å². The van der Waals surface area contributed by atoms with E-state index in [-0.39, 0.29) is 26.7 Å². The highest BCUT2D eigenvalue weighted by Crippen LogP contribution is 2.27. The molecule has 1 atom stereocenters. The van der Waals surface area contributed by atoms with Crippen LogP contribution < -0.4 is 10.8 Å². The Morgan fingerprint density at radius 2 is 1.41 bits per heavy atom. The molecule has 0 bridgehead atoms. The quantitative estimate of drug-likeness (QED) is 0.421. The van der Waals surface area contributed by atoms with Crippen molar-refractivity contribution in [3.8, 4) is 0 Å². The average Bonchev–Trinajstić information content (AvgIpc) is 2.84. The first kappa shape index (κ1) is 24.8. The molecule has 3 N–H and O–H groups in total. The third-order valence-electron chi connectivity index (χ3n) is 4.84. The fourth-order valence-corrected chi connectivity index (χ4v) is 3.40. The number of carbonyl (C=O) groups excluding carboxylic acids is 3. The first-order valence-electron chi connectivity index (χ1n) is 9.84. The molecule has 0 aromatic heterocycles. The number of hydrogen-bond acceptors (Lipinski definition) is 5. The van der Waals surface area contributed by atoms with Gasteiger partial charge in [-0.2, -0.15) is 5.48 Å². The van der Waals surface area contributed by atoms with E-state index in [0.29, 0.717) is 0 Å². The summed E-state index contributed by atoms with van der Waals surface area (Å²) in [5, 5.41) is 12.9. The smallest absolute Gasteiger partial charge is 0.335 e. The second kappa shape index (κ2) is 10.8. The van der Waals surface area contributed by atoms with E-state index >= 15 is 0 Å². The van der Waals surface area contributed by atoms with Crippen molar-refractivity contribution in [1.82, 2.24) is 10.8 Å². The van der Waals surface area contributed by atoms with Gasteiger partial charge in [0, 0.05) is 11.1 Å². The van der Waals surface area contributed by atoms with Crippen LogP contribution in [0.25, 0.3) is 0 Å². The molecule has 3 aromatic carbocycles. The third kappa shape index (κ3) is 5.72. The third-order valence-corrected chi connectivity index (χ3v) is 5.58. The molecule has 0 spiro atoms. The molecule has 174 valence electrons. The molecule has 8 nitrogen and oxygen atoms in total. The number of aliphatic carboxylic acids is 1. The minimum atomic E-state index is -2.17. The maximum atomic E-state index is 12.8. The van der Waals surface area contributed by atoms with Crippen molar-refractivity contribution >= 4 is 47.0 Å². The number of carbonyl (C=O) groups is 4. The molecule has 1 unspecified atom stereocenters. The number of hydroxylamine groups is 1. The van der Waals surface area contributed by atoms with Crippen molar-refractivity contribution in [1.29, 1.82) is 0 Å². The molecule has 0 aliphatic carbocycles. The van der Waals surface area contributed by atoms with E-state index < -0.39 is 35.7 Å². The topological polar surface area (TPSA) is 122 Å².